The van der Waals surface area contributed by atoms with Gasteiger partial charge in [-0.05, 0) is 37.4 Å². The van der Waals surface area contributed by atoms with Gasteiger partial charge in [-0.3, -0.25) is 4.79 Å². The van der Waals surface area contributed by atoms with Crippen LogP contribution in [0.4, 0.5) is 5.69 Å². The minimum atomic E-state index is -0.158. The van der Waals surface area contributed by atoms with Crippen LogP contribution in [0.15, 0.2) is 54.6 Å². The van der Waals surface area contributed by atoms with Crippen molar-refractivity contribution < 1.29 is 9.53 Å². The molecule has 0 aliphatic carbocycles. The van der Waals surface area contributed by atoms with Crippen molar-refractivity contribution in [3.8, 4) is 5.75 Å². The molecule has 4 nitrogen and oxygen atoms in total. The van der Waals surface area contributed by atoms with Crippen LogP contribution in [0.3, 0.4) is 0 Å². The molecular formula is C19H25ClN2O2. The van der Waals surface area contributed by atoms with Gasteiger partial charge in [0.1, 0.15) is 12.4 Å². The molecule has 2 aromatic rings. The summed E-state index contributed by atoms with van der Waals surface area (Å²) in [7, 11) is 0. The summed E-state index contributed by atoms with van der Waals surface area (Å²) in [5, 5.41) is 2.89. The van der Waals surface area contributed by atoms with Crippen LogP contribution in [0.1, 0.15) is 24.2 Å². The number of hydrogen-bond acceptors (Lipinski definition) is 3. The second kappa shape index (κ2) is 10.7. The molecule has 0 saturated heterocycles. The molecule has 5 heteroatoms. The summed E-state index contributed by atoms with van der Waals surface area (Å²) >= 11 is 0. The topological polar surface area (TPSA) is 41.6 Å². The van der Waals surface area contributed by atoms with Crippen LogP contribution in [0.25, 0.3) is 0 Å². The zero-order valence-electron chi connectivity index (χ0n) is 14.2. The predicted octanol–water partition coefficient (Wildman–Crippen LogP) is 4.08. The maximum absolute atomic E-state index is 12.4. The molecule has 0 aliphatic rings. The van der Waals surface area contributed by atoms with Gasteiger partial charge in [-0.2, -0.15) is 0 Å². The average molecular weight is 349 g/mol. The Labute approximate surface area is 150 Å². The van der Waals surface area contributed by atoms with E-state index in [4.69, 9.17) is 4.74 Å². The van der Waals surface area contributed by atoms with Gasteiger partial charge in [0.05, 0.1) is 5.56 Å². The van der Waals surface area contributed by atoms with Gasteiger partial charge in [-0.1, -0.05) is 44.2 Å². The molecular weight excluding hydrogens is 324 g/mol. The highest BCUT2D eigenvalue weighted by molar-refractivity contribution is 6.06. The second-order valence-corrected chi connectivity index (χ2v) is 5.19. The molecule has 1 amide bonds. The van der Waals surface area contributed by atoms with E-state index in [0.717, 1.165) is 25.3 Å². The van der Waals surface area contributed by atoms with Gasteiger partial charge >= 0.3 is 0 Å². The Balaban J connectivity index is 0.00000288. The Morgan fingerprint density at radius 3 is 2.29 bits per heavy atom. The predicted molar refractivity (Wildman–Crippen MR) is 101 cm³/mol. The molecule has 2 rings (SSSR count). The number of hydrogen-bond donors (Lipinski definition) is 1. The number of halogens is 1. The van der Waals surface area contributed by atoms with Crippen LogP contribution < -0.4 is 10.1 Å². The third kappa shape index (κ3) is 5.87. The summed E-state index contributed by atoms with van der Waals surface area (Å²) < 4.78 is 5.83. The molecule has 0 aliphatic heterocycles. The lowest BCUT2D eigenvalue weighted by atomic mass is 10.2. The Kier molecular flexibility index (Phi) is 8.90. The molecule has 0 heterocycles. The van der Waals surface area contributed by atoms with Gasteiger partial charge in [0.25, 0.3) is 5.91 Å². The smallest absolute Gasteiger partial charge is 0.259 e. The van der Waals surface area contributed by atoms with E-state index >= 15 is 0 Å². The van der Waals surface area contributed by atoms with Crippen LogP contribution in [0.2, 0.25) is 0 Å². The maximum Gasteiger partial charge on any atom is 0.259 e. The first-order valence-electron chi connectivity index (χ1n) is 8.05. The monoisotopic (exact) mass is 348 g/mol. The quantitative estimate of drug-likeness (QED) is 0.781. The van der Waals surface area contributed by atoms with E-state index in [1.165, 1.54) is 0 Å². The second-order valence-electron chi connectivity index (χ2n) is 5.19. The summed E-state index contributed by atoms with van der Waals surface area (Å²) in [5.74, 6) is 0.461. The molecule has 0 aromatic heterocycles. The third-order valence-corrected chi connectivity index (χ3v) is 3.72. The van der Waals surface area contributed by atoms with E-state index in [2.05, 4.69) is 24.1 Å². The summed E-state index contributed by atoms with van der Waals surface area (Å²) in [6.07, 6.45) is 0. The summed E-state index contributed by atoms with van der Waals surface area (Å²) in [4.78, 5) is 14.7. The van der Waals surface area contributed by atoms with Gasteiger partial charge < -0.3 is 15.0 Å². The minimum absolute atomic E-state index is 0. The summed E-state index contributed by atoms with van der Waals surface area (Å²) in [6.45, 7) is 7.67. The molecule has 0 saturated carbocycles. The molecule has 130 valence electrons. The van der Waals surface area contributed by atoms with Crippen molar-refractivity contribution in [2.75, 3.05) is 31.6 Å². The standard InChI is InChI=1S/C19H24N2O2.ClH/c1-3-21(4-2)14-15-23-18-13-9-8-12-17(18)19(22)20-16-10-6-5-7-11-16;/h5-13H,3-4,14-15H2,1-2H3,(H,20,22);1H. The Bertz CT molecular complexity index is 616. The number of ether oxygens (including phenoxy) is 1. The Morgan fingerprint density at radius 2 is 1.62 bits per heavy atom. The van der Waals surface area contributed by atoms with Crippen LogP contribution in [0, 0.1) is 0 Å². The van der Waals surface area contributed by atoms with Gasteiger partial charge in [0, 0.05) is 12.2 Å². The number of likely N-dealkylation sites (N-methyl/N-ethyl adjacent to an activating group) is 1. The van der Waals surface area contributed by atoms with Crippen molar-refractivity contribution in [3.63, 3.8) is 0 Å². The van der Waals surface area contributed by atoms with Crippen LogP contribution in [0.5, 0.6) is 5.75 Å². The van der Waals surface area contributed by atoms with Crippen molar-refractivity contribution in [1.29, 1.82) is 0 Å². The number of anilines is 1. The maximum atomic E-state index is 12.4. The van der Waals surface area contributed by atoms with Crippen molar-refractivity contribution in [2.24, 2.45) is 0 Å². The van der Waals surface area contributed by atoms with Crippen LogP contribution >= 0.6 is 12.4 Å². The first-order valence-corrected chi connectivity index (χ1v) is 8.05. The minimum Gasteiger partial charge on any atom is -0.491 e. The van der Waals surface area contributed by atoms with E-state index in [9.17, 15) is 4.79 Å². The SMILES string of the molecule is CCN(CC)CCOc1ccccc1C(=O)Nc1ccccc1.Cl. The molecule has 0 spiro atoms. The van der Waals surface area contributed by atoms with E-state index < -0.39 is 0 Å². The Hall–Kier alpha value is -2.04. The first kappa shape index (κ1) is 20.0. The van der Waals surface area contributed by atoms with Gasteiger partial charge in [-0.25, -0.2) is 0 Å². The lowest BCUT2D eigenvalue weighted by molar-refractivity contribution is 0.102. The van der Waals surface area contributed by atoms with E-state index in [1.54, 1.807) is 6.07 Å². The largest absolute Gasteiger partial charge is 0.491 e. The number of rotatable bonds is 8. The highest BCUT2D eigenvalue weighted by atomic mass is 35.5. The molecule has 2 aromatic carbocycles. The lowest BCUT2D eigenvalue weighted by Crippen LogP contribution is -2.28. The molecule has 0 bridgehead atoms. The fraction of sp³-hybridized carbons (Fsp3) is 0.316. The first-order chi connectivity index (χ1) is 11.2. The van der Waals surface area contributed by atoms with Gasteiger partial charge in [0.15, 0.2) is 0 Å². The van der Waals surface area contributed by atoms with E-state index in [-0.39, 0.29) is 18.3 Å². The number of carbonyl (C=O) groups excluding carboxylic acids is 1. The average Bonchev–Trinajstić information content (AvgIpc) is 2.60. The van der Waals surface area contributed by atoms with Gasteiger partial charge in [-0.15, -0.1) is 12.4 Å². The number of carbonyl (C=O) groups is 1. The summed E-state index contributed by atoms with van der Waals surface area (Å²) in [5.41, 5.74) is 1.33. The normalized spacial score (nSPS) is 10.1. The lowest BCUT2D eigenvalue weighted by Gasteiger charge is -2.18. The van der Waals surface area contributed by atoms with Gasteiger partial charge in [0.2, 0.25) is 0 Å². The third-order valence-electron chi connectivity index (χ3n) is 3.72. The van der Waals surface area contributed by atoms with Crippen LogP contribution in [-0.2, 0) is 0 Å². The number of para-hydroxylation sites is 2. The van der Waals surface area contributed by atoms with Crippen molar-refractivity contribution in [2.45, 2.75) is 13.8 Å². The number of nitrogens with one attached hydrogen (secondary N) is 1. The zero-order chi connectivity index (χ0) is 16.5. The molecule has 24 heavy (non-hydrogen) atoms. The molecule has 0 radical (unpaired) electrons. The fourth-order valence-corrected chi connectivity index (χ4v) is 2.32. The number of amides is 1. The molecule has 0 unspecified atom stereocenters. The van der Waals surface area contributed by atoms with Crippen LogP contribution in [-0.4, -0.2) is 37.0 Å². The number of benzene rings is 2. The Morgan fingerprint density at radius 1 is 1.00 bits per heavy atom. The summed E-state index contributed by atoms with van der Waals surface area (Å²) in [6, 6.07) is 16.8. The zero-order valence-corrected chi connectivity index (χ0v) is 15.0. The van der Waals surface area contributed by atoms with E-state index in [1.807, 2.05) is 48.5 Å². The molecule has 0 atom stereocenters. The van der Waals surface area contributed by atoms with Crippen molar-refractivity contribution in [1.82, 2.24) is 4.90 Å². The number of nitrogens with zero attached hydrogens (tertiary/aromatic N) is 1. The van der Waals surface area contributed by atoms with E-state index in [0.29, 0.717) is 17.9 Å². The van der Waals surface area contributed by atoms with Crippen molar-refractivity contribution >= 4 is 24.0 Å². The highest BCUT2D eigenvalue weighted by Gasteiger charge is 2.12. The fourth-order valence-electron chi connectivity index (χ4n) is 2.32. The highest BCUT2D eigenvalue weighted by Crippen LogP contribution is 2.19. The van der Waals surface area contributed by atoms with Crippen molar-refractivity contribution in [3.05, 3.63) is 60.2 Å². The molecule has 1 N–H and O–H groups in total. The molecule has 0 fully saturated rings.